The first-order chi connectivity index (χ1) is 19.2. The van der Waals surface area contributed by atoms with Crippen molar-refractivity contribution in [3.63, 3.8) is 0 Å². The second-order valence-corrected chi connectivity index (χ2v) is 12.8. The molecule has 10 atom stereocenters. The van der Waals surface area contributed by atoms with Crippen LogP contribution in [0.1, 0.15) is 65.2 Å². The van der Waals surface area contributed by atoms with Gasteiger partial charge in [0.2, 0.25) is 0 Å². The van der Waals surface area contributed by atoms with Crippen molar-refractivity contribution < 1.29 is 42.9 Å². The van der Waals surface area contributed by atoms with Crippen molar-refractivity contribution in [2.75, 3.05) is 7.11 Å². The van der Waals surface area contributed by atoms with Crippen molar-refractivity contribution in [2.24, 2.45) is 29.1 Å². The summed E-state index contributed by atoms with van der Waals surface area (Å²) in [7, 11) is 1.57. The first-order valence-corrected chi connectivity index (χ1v) is 14.3. The molecule has 1 aliphatic heterocycles. The molecule has 0 aromatic heterocycles. The van der Waals surface area contributed by atoms with Gasteiger partial charge in [-0.1, -0.05) is 45.9 Å². The molecule has 1 aromatic rings. The van der Waals surface area contributed by atoms with E-state index in [1.54, 1.807) is 44.4 Å². The van der Waals surface area contributed by atoms with E-state index in [4.69, 9.17) is 23.7 Å². The molecule has 0 bridgehead atoms. The van der Waals surface area contributed by atoms with Gasteiger partial charge in [-0.25, -0.2) is 4.79 Å². The largest absolute Gasteiger partial charge is 0.461 e. The molecule has 2 saturated carbocycles. The predicted octanol–water partition coefficient (Wildman–Crippen LogP) is 4.08. The number of benzene rings is 1. The quantitative estimate of drug-likeness (QED) is 0.224. The highest BCUT2D eigenvalue weighted by Gasteiger charge is 2.84. The van der Waals surface area contributed by atoms with E-state index in [9.17, 15) is 19.2 Å². The van der Waals surface area contributed by atoms with Crippen LogP contribution in [0.2, 0.25) is 0 Å². The molecule has 5 rings (SSSR count). The van der Waals surface area contributed by atoms with Crippen LogP contribution in [0.3, 0.4) is 0 Å². The van der Waals surface area contributed by atoms with Crippen LogP contribution in [0.4, 0.5) is 0 Å². The van der Waals surface area contributed by atoms with Gasteiger partial charge in [0.1, 0.15) is 24.4 Å². The normalized spacial score (nSPS) is 41.8. The van der Waals surface area contributed by atoms with E-state index in [2.05, 4.69) is 0 Å². The van der Waals surface area contributed by atoms with Gasteiger partial charge in [-0.15, -0.1) is 0 Å². The summed E-state index contributed by atoms with van der Waals surface area (Å²) in [6.07, 6.45) is -0.802. The van der Waals surface area contributed by atoms with Crippen LogP contribution >= 0.6 is 0 Å². The molecule has 9 nitrogen and oxygen atoms in total. The molecule has 0 N–H and O–H groups in total. The lowest BCUT2D eigenvalue weighted by molar-refractivity contribution is -0.154. The Hall–Kier alpha value is -3.04. The Labute approximate surface area is 240 Å². The van der Waals surface area contributed by atoms with E-state index in [0.29, 0.717) is 17.6 Å². The van der Waals surface area contributed by atoms with Crippen LogP contribution in [0.5, 0.6) is 0 Å². The Morgan fingerprint density at radius 3 is 2.12 bits per heavy atom. The molecule has 1 unspecified atom stereocenters. The number of carbonyl (C=O) groups excluding carboxylic acids is 4. The Morgan fingerprint density at radius 2 is 1.54 bits per heavy atom. The van der Waals surface area contributed by atoms with Crippen molar-refractivity contribution in [1.82, 2.24) is 0 Å². The van der Waals surface area contributed by atoms with Gasteiger partial charge >= 0.3 is 17.9 Å². The average molecular weight is 569 g/mol. The number of ketones is 1. The molecule has 222 valence electrons. The van der Waals surface area contributed by atoms with E-state index in [-0.39, 0.29) is 23.5 Å². The summed E-state index contributed by atoms with van der Waals surface area (Å²) < 4.78 is 30.3. The topological polar surface area (TPSA) is 118 Å². The standard InChI is InChI=1S/C32H40O9/c1-16-14-32-28(39-20(5)34)17(2)15-31(32,41-32)27(35)18(3)25(38-19(4)33)22-23(30(22,6)7)26(37-8)24(16)40-29(36)21-12-10-9-11-13-21/h9-14,17-18,22-26,28H,15H2,1-8H3/b16-14-/t17-,18-,22-,23+,24+,25-,26-,28-,31-,32?/m0/s1. The molecule has 0 radical (unpaired) electrons. The Kier molecular flexibility index (Phi) is 7.22. The second kappa shape index (κ2) is 10.1. The van der Waals surface area contributed by atoms with Gasteiger partial charge in [-0.3, -0.25) is 14.4 Å². The van der Waals surface area contributed by atoms with E-state index in [1.165, 1.54) is 13.8 Å². The van der Waals surface area contributed by atoms with Crippen molar-refractivity contribution in [3.8, 4) is 0 Å². The Balaban J connectivity index is 1.67. The summed E-state index contributed by atoms with van der Waals surface area (Å²) in [6.45, 7) is 12.3. The minimum absolute atomic E-state index is 0.184. The molecule has 1 aromatic carbocycles. The van der Waals surface area contributed by atoms with Crippen molar-refractivity contribution >= 4 is 23.7 Å². The maximum atomic E-state index is 14.4. The second-order valence-electron chi connectivity index (χ2n) is 12.8. The highest BCUT2D eigenvalue weighted by Crippen LogP contribution is 2.68. The molecular weight excluding hydrogens is 528 g/mol. The molecule has 1 heterocycles. The molecule has 41 heavy (non-hydrogen) atoms. The lowest BCUT2D eigenvalue weighted by Gasteiger charge is -2.30. The number of hydrogen-bond donors (Lipinski definition) is 0. The zero-order chi connectivity index (χ0) is 30.1. The number of methoxy groups -OCH3 is 1. The summed E-state index contributed by atoms with van der Waals surface area (Å²) in [5.74, 6) is -3.00. The number of Topliss-reactive ketones (excluding diaryl/α,β-unsaturated/α-hetero) is 1. The highest BCUT2D eigenvalue weighted by atomic mass is 16.7. The number of epoxide rings is 1. The van der Waals surface area contributed by atoms with Gasteiger partial charge < -0.3 is 23.7 Å². The summed E-state index contributed by atoms with van der Waals surface area (Å²) in [6, 6.07) is 8.70. The molecule has 0 amide bonds. The van der Waals surface area contributed by atoms with Crippen LogP contribution in [0, 0.1) is 29.1 Å². The third-order valence-electron chi connectivity index (χ3n) is 9.79. The SMILES string of the molecule is CO[C@H]1[C@H]2[C@@H]([C@@H](OC(C)=O)[C@H](C)C(=O)[C@@]34C[C@H](C)[C@H](OC(C)=O)C3(/C=C(/C)[C@H]1OC(=O)c1ccccc1)O4)C2(C)C. The van der Waals surface area contributed by atoms with Crippen molar-refractivity contribution in [1.29, 1.82) is 0 Å². The fraction of sp³-hybridized carbons (Fsp3) is 0.625. The number of ether oxygens (including phenoxy) is 5. The summed E-state index contributed by atoms with van der Waals surface area (Å²) in [5.41, 5.74) is -1.88. The lowest BCUT2D eigenvalue weighted by Crippen LogP contribution is -2.43. The van der Waals surface area contributed by atoms with Crippen molar-refractivity contribution in [3.05, 3.63) is 47.5 Å². The third kappa shape index (κ3) is 4.52. The summed E-state index contributed by atoms with van der Waals surface area (Å²) >= 11 is 0. The smallest absolute Gasteiger partial charge is 0.338 e. The maximum absolute atomic E-state index is 14.4. The Morgan fingerprint density at radius 1 is 0.927 bits per heavy atom. The van der Waals surface area contributed by atoms with Gasteiger partial charge in [0.25, 0.3) is 0 Å². The van der Waals surface area contributed by atoms with E-state index in [0.717, 1.165) is 0 Å². The van der Waals surface area contributed by atoms with Gasteiger partial charge in [-0.05, 0) is 48.5 Å². The predicted molar refractivity (Wildman–Crippen MR) is 147 cm³/mol. The van der Waals surface area contributed by atoms with Gasteiger partial charge in [0, 0.05) is 32.8 Å². The van der Waals surface area contributed by atoms with Crippen LogP contribution < -0.4 is 0 Å². The molecule has 0 spiro atoms. The number of carbonyl (C=O) groups is 4. The number of rotatable bonds is 5. The minimum Gasteiger partial charge on any atom is -0.461 e. The number of hydrogen-bond acceptors (Lipinski definition) is 9. The maximum Gasteiger partial charge on any atom is 0.338 e. The zero-order valence-electron chi connectivity index (χ0n) is 25.0. The molecular formula is C32H40O9. The molecule has 3 fully saturated rings. The monoisotopic (exact) mass is 568 g/mol. The van der Waals surface area contributed by atoms with Crippen LogP contribution in [0.25, 0.3) is 0 Å². The van der Waals surface area contributed by atoms with E-state index >= 15 is 0 Å². The Bertz CT molecular complexity index is 1290. The lowest BCUT2D eigenvalue weighted by atomic mass is 9.80. The van der Waals surface area contributed by atoms with Crippen LogP contribution in [0.15, 0.2) is 42.0 Å². The fourth-order valence-electron chi connectivity index (χ4n) is 7.91. The molecule has 9 heteroatoms. The summed E-state index contributed by atoms with van der Waals surface area (Å²) in [5, 5.41) is 0. The molecule has 1 saturated heterocycles. The zero-order valence-corrected chi connectivity index (χ0v) is 25.0. The summed E-state index contributed by atoms with van der Waals surface area (Å²) in [4.78, 5) is 52.2. The first-order valence-electron chi connectivity index (χ1n) is 14.3. The molecule has 3 aliphatic carbocycles. The first kappa shape index (κ1) is 29.5. The van der Waals surface area contributed by atoms with E-state index < -0.39 is 64.9 Å². The van der Waals surface area contributed by atoms with Gasteiger partial charge in [0.05, 0.1) is 11.5 Å². The third-order valence-corrected chi connectivity index (χ3v) is 9.79. The van der Waals surface area contributed by atoms with Crippen LogP contribution in [-0.2, 0) is 38.1 Å². The number of fused-ring (bicyclic) bond motifs is 1. The molecule has 4 aliphatic rings. The fourth-order valence-corrected chi connectivity index (χ4v) is 7.91. The minimum atomic E-state index is -1.26. The van der Waals surface area contributed by atoms with E-state index in [1.807, 2.05) is 33.8 Å². The van der Waals surface area contributed by atoms with Crippen LogP contribution in [-0.4, -0.2) is 66.4 Å². The average Bonchev–Trinajstić information content (AvgIpc) is 3.70. The van der Waals surface area contributed by atoms with Gasteiger partial charge in [0.15, 0.2) is 17.0 Å². The van der Waals surface area contributed by atoms with Crippen molar-refractivity contribution in [2.45, 2.75) is 90.5 Å². The highest BCUT2D eigenvalue weighted by molar-refractivity contribution is 5.96. The number of esters is 3. The van der Waals surface area contributed by atoms with Gasteiger partial charge in [-0.2, -0.15) is 0 Å².